The number of rotatable bonds is 5. The third kappa shape index (κ3) is 4.81. The highest BCUT2D eigenvalue weighted by Crippen LogP contribution is 2.18. The van der Waals surface area contributed by atoms with Crippen LogP contribution in [0.25, 0.3) is 0 Å². The van der Waals surface area contributed by atoms with Crippen LogP contribution >= 0.6 is 22.9 Å². The third-order valence-corrected chi connectivity index (χ3v) is 3.31. The summed E-state index contributed by atoms with van der Waals surface area (Å²) < 4.78 is 36.7. The van der Waals surface area contributed by atoms with Crippen LogP contribution in [0.5, 0.6) is 0 Å². The first-order chi connectivity index (χ1) is 8.35. The molecule has 0 radical (unpaired) electrons. The van der Waals surface area contributed by atoms with Crippen molar-refractivity contribution in [3.05, 3.63) is 16.1 Å². The number of halogens is 4. The van der Waals surface area contributed by atoms with Gasteiger partial charge in [0.25, 0.3) is 0 Å². The van der Waals surface area contributed by atoms with E-state index in [1.54, 1.807) is 5.38 Å². The van der Waals surface area contributed by atoms with E-state index in [-0.39, 0.29) is 18.8 Å². The molecule has 0 aliphatic heterocycles. The number of alkyl halides is 4. The zero-order valence-electron chi connectivity index (χ0n) is 9.63. The highest BCUT2D eigenvalue weighted by atomic mass is 35.5. The number of carbonyl (C=O) groups is 1. The normalized spacial score (nSPS) is 11.6. The molecule has 0 saturated heterocycles. The Bertz CT molecular complexity index is 408. The highest BCUT2D eigenvalue weighted by Gasteiger charge is 2.32. The molecule has 0 fully saturated rings. The first kappa shape index (κ1) is 15.2. The molecule has 18 heavy (non-hydrogen) atoms. The van der Waals surface area contributed by atoms with E-state index >= 15 is 0 Å². The van der Waals surface area contributed by atoms with Crippen LogP contribution in [-0.2, 0) is 17.1 Å². The number of likely N-dealkylation sites (N-methyl/N-ethyl adjacent to an activating group) is 1. The molecule has 3 nitrogen and oxygen atoms in total. The molecule has 0 saturated carbocycles. The smallest absolute Gasteiger partial charge is 0.334 e. The van der Waals surface area contributed by atoms with Crippen molar-refractivity contribution < 1.29 is 18.0 Å². The van der Waals surface area contributed by atoms with Gasteiger partial charge in [-0.15, -0.1) is 22.9 Å². The molecule has 0 atom stereocenters. The standard InChI is InChI=1S/C10H12ClF3N2OS/c1-2-16(6-10(12,13)14)9(17)3-8-15-7(4-11)5-18-8/h5H,2-4,6H2,1H3. The molecule has 1 heterocycles. The van der Waals surface area contributed by atoms with Crippen molar-refractivity contribution in [2.24, 2.45) is 0 Å². The number of amides is 1. The van der Waals surface area contributed by atoms with Gasteiger partial charge in [0.05, 0.1) is 18.0 Å². The number of aromatic nitrogens is 1. The maximum absolute atomic E-state index is 12.2. The molecule has 0 aromatic carbocycles. The van der Waals surface area contributed by atoms with Gasteiger partial charge in [0.15, 0.2) is 0 Å². The van der Waals surface area contributed by atoms with E-state index in [4.69, 9.17) is 11.6 Å². The second-order valence-electron chi connectivity index (χ2n) is 3.57. The second-order valence-corrected chi connectivity index (χ2v) is 4.78. The average molecular weight is 301 g/mol. The summed E-state index contributed by atoms with van der Waals surface area (Å²) >= 11 is 6.78. The average Bonchev–Trinajstić information content (AvgIpc) is 2.72. The molecule has 0 aliphatic carbocycles. The number of carbonyl (C=O) groups excluding carboxylic acids is 1. The molecular formula is C10H12ClF3N2OS. The fraction of sp³-hybridized carbons (Fsp3) is 0.600. The molecule has 8 heteroatoms. The van der Waals surface area contributed by atoms with Crippen LogP contribution in [0.1, 0.15) is 17.6 Å². The van der Waals surface area contributed by atoms with Gasteiger partial charge in [0.1, 0.15) is 11.6 Å². The number of nitrogens with zero attached hydrogens (tertiary/aromatic N) is 2. The lowest BCUT2D eigenvalue weighted by Gasteiger charge is -2.21. The van der Waals surface area contributed by atoms with E-state index in [1.165, 1.54) is 18.3 Å². The molecule has 1 amide bonds. The molecule has 1 aromatic rings. The van der Waals surface area contributed by atoms with Crippen LogP contribution in [0.15, 0.2) is 5.38 Å². The summed E-state index contributed by atoms with van der Waals surface area (Å²) in [6.07, 6.45) is -4.50. The lowest BCUT2D eigenvalue weighted by atomic mass is 10.3. The van der Waals surface area contributed by atoms with Gasteiger partial charge >= 0.3 is 6.18 Å². The van der Waals surface area contributed by atoms with Gasteiger partial charge in [0, 0.05) is 11.9 Å². The fourth-order valence-electron chi connectivity index (χ4n) is 1.33. The highest BCUT2D eigenvalue weighted by molar-refractivity contribution is 7.09. The Labute approximate surface area is 112 Å². The van der Waals surface area contributed by atoms with Crippen molar-refractivity contribution in [3.63, 3.8) is 0 Å². The maximum atomic E-state index is 12.2. The largest absolute Gasteiger partial charge is 0.406 e. The van der Waals surface area contributed by atoms with Crippen molar-refractivity contribution in [3.8, 4) is 0 Å². The Kier molecular flexibility index (Phi) is 5.40. The molecular weight excluding hydrogens is 289 g/mol. The van der Waals surface area contributed by atoms with Gasteiger partial charge in [-0.2, -0.15) is 13.2 Å². The molecule has 0 N–H and O–H groups in total. The van der Waals surface area contributed by atoms with Crippen LogP contribution in [0, 0.1) is 0 Å². The minimum absolute atomic E-state index is 0.0199. The lowest BCUT2D eigenvalue weighted by molar-refractivity contribution is -0.160. The number of hydrogen-bond acceptors (Lipinski definition) is 3. The van der Waals surface area contributed by atoms with Crippen molar-refractivity contribution in [1.82, 2.24) is 9.88 Å². The Balaban J connectivity index is 2.62. The Morgan fingerprint density at radius 2 is 2.22 bits per heavy atom. The van der Waals surface area contributed by atoms with E-state index in [0.717, 1.165) is 4.90 Å². The summed E-state index contributed by atoms with van der Waals surface area (Å²) in [5.41, 5.74) is 0.628. The SMILES string of the molecule is CCN(CC(F)(F)F)C(=O)Cc1nc(CCl)cs1. The zero-order chi connectivity index (χ0) is 13.8. The first-order valence-corrected chi connectivity index (χ1v) is 6.61. The van der Waals surface area contributed by atoms with E-state index in [0.29, 0.717) is 10.7 Å². The zero-order valence-corrected chi connectivity index (χ0v) is 11.2. The molecule has 0 unspecified atom stereocenters. The van der Waals surface area contributed by atoms with Crippen LogP contribution in [0.2, 0.25) is 0 Å². The van der Waals surface area contributed by atoms with E-state index in [1.807, 2.05) is 0 Å². The van der Waals surface area contributed by atoms with Crippen molar-refractivity contribution in [1.29, 1.82) is 0 Å². The van der Waals surface area contributed by atoms with Crippen LogP contribution < -0.4 is 0 Å². The van der Waals surface area contributed by atoms with Crippen LogP contribution in [0.4, 0.5) is 13.2 Å². The predicted octanol–water partition coefficient (Wildman–Crippen LogP) is 2.84. The Hall–Kier alpha value is -0.820. The Morgan fingerprint density at radius 1 is 1.56 bits per heavy atom. The van der Waals surface area contributed by atoms with Gasteiger partial charge in [-0.25, -0.2) is 4.98 Å². The minimum Gasteiger partial charge on any atom is -0.334 e. The summed E-state index contributed by atoms with van der Waals surface area (Å²) in [5, 5.41) is 2.17. The van der Waals surface area contributed by atoms with Gasteiger partial charge in [-0.3, -0.25) is 4.79 Å². The van der Waals surface area contributed by atoms with Gasteiger partial charge < -0.3 is 4.90 Å². The summed E-state index contributed by atoms with van der Waals surface area (Å²) in [4.78, 5) is 16.5. The van der Waals surface area contributed by atoms with E-state index in [2.05, 4.69) is 4.98 Å². The molecule has 102 valence electrons. The molecule has 1 aromatic heterocycles. The van der Waals surface area contributed by atoms with Gasteiger partial charge in [0.2, 0.25) is 5.91 Å². The quantitative estimate of drug-likeness (QED) is 0.784. The van der Waals surface area contributed by atoms with Crippen molar-refractivity contribution in [2.75, 3.05) is 13.1 Å². The van der Waals surface area contributed by atoms with Crippen molar-refractivity contribution >= 4 is 28.8 Å². The molecule has 0 aliphatic rings. The van der Waals surface area contributed by atoms with Gasteiger partial charge in [-0.05, 0) is 6.92 Å². The summed E-state index contributed by atoms with van der Waals surface area (Å²) in [7, 11) is 0. The number of hydrogen-bond donors (Lipinski definition) is 0. The summed E-state index contributed by atoms with van der Waals surface area (Å²) in [6, 6.07) is 0. The first-order valence-electron chi connectivity index (χ1n) is 5.19. The van der Waals surface area contributed by atoms with E-state index in [9.17, 15) is 18.0 Å². The summed E-state index contributed by atoms with van der Waals surface area (Å²) in [6.45, 7) is 0.303. The van der Waals surface area contributed by atoms with E-state index < -0.39 is 18.6 Å². The third-order valence-electron chi connectivity index (χ3n) is 2.14. The maximum Gasteiger partial charge on any atom is 0.406 e. The number of thiazole rings is 1. The molecule has 0 spiro atoms. The molecule has 1 rings (SSSR count). The van der Waals surface area contributed by atoms with Gasteiger partial charge in [-0.1, -0.05) is 0 Å². The van der Waals surface area contributed by atoms with Crippen LogP contribution in [0.3, 0.4) is 0 Å². The molecule has 0 bridgehead atoms. The topological polar surface area (TPSA) is 33.2 Å². The predicted molar refractivity (Wildman–Crippen MR) is 63.7 cm³/mol. The lowest BCUT2D eigenvalue weighted by Crippen LogP contribution is -2.39. The second kappa shape index (κ2) is 6.38. The fourth-order valence-corrected chi connectivity index (χ4v) is 2.34. The summed E-state index contributed by atoms with van der Waals surface area (Å²) in [5.74, 6) is -0.352. The Morgan fingerprint density at radius 3 is 2.67 bits per heavy atom. The monoisotopic (exact) mass is 300 g/mol. The van der Waals surface area contributed by atoms with Crippen LogP contribution in [-0.4, -0.2) is 35.1 Å². The minimum atomic E-state index is -4.38. The van der Waals surface area contributed by atoms with Crippen molar-refractivity contribution in [2.45, 2.75) is 25.4 Å².